The molecule has 5 nitrogen and oxygen atoms in total. The molecule has 0 bridgehead atoms. The summed E-state index contributed by atoms with van der Waals surface area (Å²) in [7, 11) is 0. The number of amides is 1. The normalized spacial score (nSPS) is 12.9. The highest BCUT2D eigenvalue weighted by Gasteiger charge is 2.16. The topological polar surface area (TPSA) is 84.6 Å². The summed E-state index contributed by atoms with van der Waals surface area (Å²) in [5.74, 6) is 0.186. The molecule has 0 unspecified atom stereocenters. The molecule has 1 atom stereocenters. The zero-order chi connectivity index (χ0) is 13.8. The van der Waals surface area contributed by atoms with Gasteiger partial charge in [0, 0.05) is 12.6 Å². The highest BCUT2D eigenvalue weighted by atomic mass is 16.6. The molecule has 0 fully saturated rings. The van der Waals surface area contributed by atoms with Crippen molar-refractivity contribution in [2.75, 3.05) is 6.54 Å². The van der Waals surface area contributed by atoms with Crippen LogP contribution in [0.3, 0.4) is 0 Å². The van der Waals surface area contributed by atoms with Crippen LogP contribution >= 0.6 is 0 Å². The molecule has 0 aliphatic heterocycles. The highest BCUT2D eigenvalue weighted by molar-refractivity contribution is 5.67. The van der Waals surface area contributed by atoms with Crippen LogP contribution < -0.4 is 11.1 Å². The van der Waals surface area contributed by atoms with Crippen LogP contribution in [0.2, 0.25) is 0 Å². The number of rotatable bonds is 3. The van der Waals surface area contributed by atoms with Gasteiger partial charge in [0.05, 0.1) is 0 Å². The molecule has 5 heteroatoms. The highest BCUT2D eigenvalue weighted by Crippen LogP contribution is 2.14. The number of alkyl carbamates (subject to hydrolysis) is 1. The fraction of sp³-hybridized carbons (Fsp3) is 0.462. The molecule has 0 spiro atoms. The smallest absolute Gasteiger partial charge is 0.407 e. The number of carbonyl (C=O) groups is 1. The molecule has 0 heterocycles. The van der Waals surface area contributed by atoms with Crippen LogP contribution in [0.15, 0.2) is 24.3 Å². The van der Waals surface area contributed by atoms with Gasteiger partial charge in [-0.1, -0.05) is 12.1 Å². The minimum absolute atomic E-state index is 0.186. The van der Waals surface area contributed by atoms with Gasteiger partial charge in [-0.25, -0.2) is 4.79 Å². The van der Waals surface area contributed by atoms with Crippen LogP contribution in [0.4, 0.5) is 4.79 Å². The van der Waals surface area contributed by atoms with Crippen LogP contribution in [-0.2, 0) is 4.74 Å². The van der Waals surface area contributed by atoms with Crippen molar-refractivity contribution < 1.29 is 14.6 Å². The van der Waals surface area contributed by atoms with Crippen molar-refractivity contribution in [1.82, 2.24) is 5.32 Å². The van der Waals surface area contributed by atoms with Gasteiger partial charge < -0.3 is 20.9 Å². The second-order valence-corrected chi connectivity index (χ2v) is 5.08. The number of nitrogens with two attached hydrogens (primary N) is 1. The van der Waals surface area contributed by atoms with E-state index in [-0.39, 0.29) is 18.3 Å². The fourth-order valence-corrected chi connectivity index (χ4v) is 1.35. The SMILES string of the molecule is CC(C)(C)OC(=O)NC[C@H](N)c1ccc(O)cc1. The number of hydrogen-bond donors (Lipinski definition) is 3. The van der Waals surface area contributed by atoms with Crippen molar-refractivity contribution in [3.8, 4) is 5.75 Å². The Morgan fingerprint density at radius 1 is 1.39 bits per heavy atom. The molecule has 4 N–H and O–H groups in total. The first-order valence-corrected chi connectivity index (χ1v) is 5.79. The molecule has 0 aromatic heterocycles. The average Bonchev–Trinajstić information content (AvgIpc) is 2.24. The third-order valence-electron chi connectivity index (χ3n) is 2.19. The number of benzene rings is 1. The van der Waals surface area contributed by atoms with Crippen molar-refractivity contribution in [1.29, 1.82) is 0 Å². The molecule has 0 saturated carbocycles. The van der Waals surface area contributed by atoms with Gasteiger partial charge in [0.15, 0.2) is 0 Å². The Balaban J connectivity index is 2.44. The Hall–Kier alpha value is -1.75. The van der Waals surface area contributed by atoms with Crippen molar-refractivity contribution >= 4 is 6.09 Å². The summed E-state index contributed by atoms with van der Waals surface area (Å²) < 4.78 is 5.10. The standard InChI is InChI=1S/C13H20N2O3/c1-13(2,3)18-12(17)15-8-11(14)9-4-6-10(16)7-5-9/h4-7,11,16H,8,14H2,1-3H3,(H,15,17)/t11-/m0/s1. The molecule has 1 amide bonds. The van der Waals surface area contributed by atoms with Gasteiger partial charge >= 0.3 is 6.09 Å². The summed E-state index contributed by atoms with van der Waals surface area (Å²) in [5.41, 5.74) is 6.22. The molecule has 0 aliphatic rings. The lowest BCUT2D eigenvalue weighted by molar-refractivity contribution is 0.0524. The van der Waals surface area contributed by atoms with E-state index in [1.807, 2.05) is 0 Å². The lowest BCUT2D eigenvalue weighted by Gasteiger charge is -2.20. The predicted octanol–water partition coefficient (Wildman–Crippen LogP) is 1.92. The number of aromatic hydroxyl groups is 1. The Morgan fingerprint density at radius 3 is 2.44 bits per heavy atom. The Morgan fingerprint density at radius 2 is 1.94 bits per heavy atom. The Kier molecular flexibility index (Phi) is 4.55. The molecular formula is C13H20N2O3. The predicted molar refractivity (Wildman–Crippen MR) is 69.3 cm³/mol. The van der Waals surface area contributed by atoms with Crippen molar-refractivity contribution in [3.63, 3.8) is 0 Å². The summed E-state index contributed by atoms with van der Waals surface area (Å²) in [4.78, 5) is 11.4. The molecule has 18 heavy (non-hydrogen) atoms. The van der Waals surface area contributed by atoms with Gasteiger partial charge in [-0.3, -0.25) is 0 Å². The van der Waals surface area contributed by atoms with Gasteiger partial charge in [-0.15, -0.1) is 0 Å². The molecule has 0 radical (unpaired) electrons. The van der Waals surface area contributed by atoms with Crippen molar-refractivity contribution in [2.45, 2.75) is 32.4 Å². The summed E-state index contributed by atoms with van der Waals surface area (Å²) in [5, 5.41) is 11.8. The van der Waals surface area contributed by atoms with E-state index < -0.39 is 11.7 Å². The van der Waals surface area contributed by atoms with Crippen LogP contribution in [0.25, 0.3) is 0 Å². The monoisotopic (exact) mass is 252 g/mol. The van der Waals surface area contributed by atoms with E-state index in [0.717, 1.165) is 5.56 Å². The minimum atomic E-state index is -0.521. The third-order valence-corrected chi connectivity index (χ3v) is 2.19. The van der Waals surface area contributed by atoms with Crippen molar-refractivity contribution in [3.05, 3.63) is 29.8 Å². The first-order chi connectivity index (χ1) is 8.28. The van der Waals surface area contributed by atoms with Gasteiger partial charge in [0.25, 0.3) is 0 Å². The first-order valence-electron chi connectivity index (χ1n) is 5.79. The van der Waals surface area contributed by atoms with Crippen LogP contribution in [0.5, 0.6) is 5.75 Å². The lowest BCUT2D eigenvalue weighted by atomic mass is 10.1. The number of hydrogen-bond acceptors (Lipinski definition) is 4. The van der Waals surface area contributed by atoms with Crippen LogP contribution in [-0.4, -0.2) is 23.3 Å². The summed E-state index contributed by atoms with van der Waals surface area (Å²) in [6.07, 6.45) is -0.489. The molecule has 0 aliphatic carbocycles. The molecular weight excluding hydrogens is 232 g/mol. The van der Waals surface area contributed by atoms with E-state index in [1.54, 1.807) is 45.0 Å². The van der Waals surface area contributed by atoms with Crippen LogP contribution in [0.1, 0.15) is 32.4 Å². The number of carbonyl (C=O) groups excluding carboxylic acids is 1. The second kappa shape index (κ2) is 5.73. The zero-order valence-corrected chi connectivity index (χ0v) is 10.9. The Bertz CT molecular complexity index is 396. The largest absolute Gasteiger partial charge is 0.508 e. The molecule has 1 aromatic carbocycles. The van der Waals surface area contributed by atoms with E-state index in [2.05, 4.69) is 5.32 Å². The zero-order valence-electron chi connectivity index (χ0n) is 10.9. The summed E-state index contributed by atoms with van der Waals surface area (Å²) in [6.45, 7) is 5.67. The molecule has 0 saturated heterocycles. The number of ether oxygens (including phenoxy) is 1. The minimum Gasteiger partial charge on any atom is -0.508 e. The van der Waals surface area contributed by atoms with Crippen LogP contribution in [0, 0.1) is 0 Å². The summed E-state index contributed by atoms with van der Waals surface area (Å²) in [6, 6.07) is 6.22. The lowest BCUT2D eigenvalue weighted by Crippen LogP contribution is -2.36. The molecule has 100 valence electrons. The average molecular weight is 252 g/mol. The molecule has 1 rings (SSSR count). The van der Waals surface area contributed by atoms with E-state index in [1.165, 1.54) is 0 Å². The molecule has 1 aromatic rings. The van der Waals surface area contributed by atoms with Gasteiger partial charge in [-0.2, -0.15) is 0 Å². The van der Waals surface area contributed by atoms with Gasteiger partial charge in [0.2, 0.25) is 0 Å². The number of phenolic OH excluding ortho intramolecular Hbond substituents is 1. The van der Waals surface area contributed by atoms with Crippen molar-refractivity contribution in [2.24, 2.45) is 5.73 Å². The van der Waals surface area contributed by atoms with E-state index in [0.29, 0.717) is 0 Å². The maximum absolute atomic E-state index is 11.4. The number of phenols is 1. The maximum Gasteiger partial charge on any atom is 0.407 e. The van der Waals surface area contributed by atoms with E-state index in [4.69, 9.17) is 15.6 Å². The van der Waals surface area contributed by atoms with E-state index in [9.17, 15) is 4.79 Å². The quantitative estimate of drug-likeness (QED) is 0.767. The van der Waals surface area contributed by atoms with E-state index >= 15 is 0 Å². The number of nitrogens with one attached hydrogen (secondary N) is 1. The fourth-order valence-electron chi connectivity index (χ4n) is 1.35. The second-order valence-electron chi connectivity index (χ2n) is 5.08. The van der Waals surface area contributed by atoms with Gasteiger partial charge in [-0.05, 0) is 38.5 Å². The van der Waals surface area contributed by atoms with Gasteiger partial charge in [0.1, 0.15) is 11.4 Å². The third kappa shape index (κ3) is 5.05. The Labute approximate surface area is 107 Å². The first kappa shape index (κ1) is 14.3. The maximum atomic E-state index is 11.4. The summed E-state index contributed by atoms with van der Waals surface area (Å²) >= 11 is 0.